The van der Waals surface area contributed by atoms with E-state index < -0.39 is 5.91 Å². The van der Waals surface area contributed by atoms with Gasteiger partial charge in [-0.3, -0.25) is 14.9 Å². The molecule has 0 radical (unpaired) electrons. The topological polar surface area (TPSA) is 90.5 Å². The van der Waals surface area contributed by atoms with Crippen LogP contribution in [0.5, 0.6) is 0 Å². The van der Waals surface area contributed by atoms with Crippen molar-refractivity contribution in [2.45, 2.75) is 0 Å². The average Bonchev–Trinajstić information content (AvgIpc) is 2.59. The van der Waals surface area contributed by atoms with Crippen LogP contribution in [0, 0.1) is 0 Å². The summed E-state index contributed by atoms with van der Waals surface area (Å²) in [5.41, 5.74) is 0.951. The molecular weight excluding hydrogens is 397 g/mol. The molecule has 2 aromatic rings. The molecule has 2 amide bonds. The Balaban J connectivity index is 2.08. The minimum atomic E-state index is -0.508. The second-order valence-electron chi connectivity index (χ2n) is 5.06. The molecule has 0 saturated heterocycles. The number of aliphatic hydroxyl groups excluding tert-OH is 1. The Bertz CT molecular complexity index is 846. The molecule has 0 heterocycles. The van der Waals surface area contributed by atoms with E-state index in [2.05, 4.69) is 16.0 Å². The van der Waals surface area contributed by atoms with Crippen molar-refractivity contribution in [1.29, 1.82) is 0 Å². The van der Waals surface area contributed by atoms with Gasteiger partial charge in [-0.2, -0.15) is 0 Å². The highest BCUT2D eigenvalue weighted by molar-refractivity contribution is 7.80. The molecular formula is C17H15Cl2N3O3S. The van der Waals surface area contributed by atoms with E-state index in [1.807, 2.05) is 0 Å². The Morgan fingerprint density at radius 3 is 2.46 bits per heavy atom. The van der Waals surface area contributed by atoms with Gasteiger partial charge in [0.05, 0.1) is 28.4 Å². The average molecular weight is 412 g/mol. The fourth-order valence-corrected chi connectivity index (χ4v) is 2.75. The van der Waals surface area contributed by atoms with Gasteiger partial charge in [0.1, 0.15) is 0 Å². The molecule has 0 aliphatic carbocycles. The third-order valence-corrected chi connectivity index (χ3v) is 3.97. The summed E-state index contributed by atoms with van der Waals surface area (Å²) in [4.78, 5) is 24.4. The van der Waals surface area contributed by atoms with Gasteiger partial charge in [-0.15, -0.1) is 0 Å². The number of aliphatic hydroxyl groups is 1. The number of para-hydroxylation sites is 1. The summed E-state index contributed by atoms with van der Waals surface area (Å²) >= 11 is 16.9. The third kappa shape index (κ3) is 5.40. The molecule has 0 spiro atoms. The van der Waals surface area contributed by atoms with E-state index in [1.54, 1.807) is 30.3 Å². The molecule has 4 N–H and O–H groups in total. The first-order valence-corrected chi connectivity index (χ1v) is 8.64. The Kier molecular flexibility index (Phi) is 7.35. The van der Waals surface area contributed by atoms with E-state index in [0.29, 0.717) is 16.3 Å². The highest BCUT2D eigenvalue weighted by atomic mass is 35.5. The molecule has 0 saturated carbocycles. The number of carbonyl (C=O) groups excluding carboxylic acids is 2. The molecule has 0 unspecified atom stereocenters. The number of halogens is 2. The summed E-state index contributed by atoms with van der Waals surface area (Å²) in [5.74, 6) is -0.886. The van der Waals surface area contributed by atoms with Crippen LogP contribution in [-0.2, 0) is 0 Å². The molecule has 9 heteroatoms. The normalized spacial score (nSPS) is 10.1. The van der Waals surface area contributed by atoms with Crippen LogP contribution in [0.1, 0.15) is 20.7 Å². The highest BCUT2D eigenvalue weighted by Gasteiger charge is 2.15. The van der Waals surface area contributed by atoms with Crippen molar-refractivity contribution in [3.63, 3.8) is 0 Å². The predicted molar refractivity (Wildman–Crippen MR) is 106 cm³/mol. The second kappa shape index (κ2) is 9.49. The molecule has 0 atom stereocenters. The maximum absolute atomic E-state index is 12.3. The molecule has 0 aromatic heterocycles. The number of carbonyl (C=O) groups is 2. The fraction of sp³-hybridized carbons (Fsp3) is 0.118. The third-order valence-electron chi connectivity index (χ3n) is 3.22. The summed E-state index contributed by atoms with van der Waals surface area (Å²) in [5, 5.41) is 17.3. The zero-order chi connectivity index (χ0) is 19.1. The van der Waals surface area contributed by atoms with Gasteiger partial charge in [-0.1, -0.05) is 35.3 Å². The minimum absolute atomic E-state index is 0.00317. The zero-order valence-electron chi connectivity index (χ0n) is 13.4. The van der Waals surface area contributed by atoms with E-state index in [-0.39, 0.29) is 34.8 Å². The molecule has 2 rings (SSSR count). The number of amides is 2. The van der Waals surface area contributed by atoms with Crippen LogP contribution < -0.4 is 16.0 Å². The van der Waals surface area contributed by atoms with Crippen LogP contribution >= 0.6 is 35.4 Å². The van der Waals surface area contributed by atoms with Crippen molar-refractivity contribution in [2.24, 2.45) is 0 Å². The lowest BCUT2D eigenvalue weighted by Crippen LogP contribution is -2.35. The molecule has 0 bridgehead atoms. The number of hydrogen-bond acceptors (Lipinski definition) is 4. The van der Waals surface area contributed by atoms with Gasteiger partial charge in [0, 0.05) is 11.6 Å². The van der Waals surface area contributed by atoms with Crippen molar-refractivity contribution in [2.75, 3.05) is 18.5 Å². The van der Waals surface area contributed by atoms with Crippen LogP contribution in [0.3, 0.4) is 0 Å². The quantitative estimate of drug-likeness (QED) is 0.567. The molecule has 26 heavy (non-hydrogen) atoms. The number of hydrogen-bond donors (Lipinski definition) is 4. The van der Waals surface area contributed by atoms with Gasteiger partial charge in [-0.25, -0.2) is 0 Å². The van der Waals surface area contributed by atoms with E-state index in [1.165, 1.54) is 12.1 Å². The molecule has 0 aliphatic rings. The monoisotopic (exact) mass is 411 g/mol. The Hall–Kier alpha value is -2.19. The van der Waals surface area contributed by atoms with E-state index in [4.69, 9.17) is 40.5 Å². The predicted octanol–water partition coefficient (Wildman–Crippen LogP) is 2.84. The van der Waals surface area contributed by atoms with Crippen molar-refractivity contribution in [3.8, 4) is 0 Å². The van der Waals surface area contributed by atoms with Crippen LogP contribution in [0.15, 0.2) is 42.5 Å². The van der Waals surface area contributed by atoms with E-state index >= 15 is 0 Å². The number of thiocarbonyl (C=S) groups is 1. The first-order chi connectivity index (χ1) is 12.4. The van der Waals surface area contributed by atoms with Crippen molar-refractivity contribution < 1.29 is 14.7 Å². The minimum Gasteiger partial charge on any atom is -0.395 e. The second-order valence-corrected chi connectivity index (χ2v) is 6.31. The van der Waals surface area contributed by atoms with Gasteiger partial charge in [0.25, 0.3) is 11.8 Å². The van der Waals surface area contributed by atoms with E-state index in [9.17, 15) is 9.59 Å². The molecule has 0 fully saturated rings. The zero-order valence-corrected chi connectivity index (χ0v) is 15.7. The fourth-order valence-electron chi connectivity index (χ4n) is 2.05. The Morgan fingerprint density at radius 1 is 1.04 bits per heavy atom. The lowest BCUT2D eigenvalue weighted by atomic mass is 10.1. The Morgan fingerprint density at radius 2 is 1.77 bits per heavy atom. The maximum atomic E-state index is 12.3. The summed E-state index contributed by atoms with van der Waals surface area (Å²) in [6.45, 7) is -0.0406. The van der Waals surface area contributed by atoms with Crippen LogP contribution in [0.25, 0.3) is 0 Å². The molecule has 136 valence electrons. The van der Waals surface area contributed by atoms with Gasteiger partial charge in [-0.05, 0) is 42.5 Å². The lowest BCUT2D eigenvalue weighted by Gasteiger charge is -2.13. The molecule has 2 aromatic carbocycles. The molecule has 6 nitrogen and oxygen atoms in total. The number of anilines is 1. The standard InChI is InChI=1S/C17H15Cl2N3O3S/c18-10-5-6-11(13(19)9-10)16(25)22-17(26)21-14-4-2-1-3-12(14)15(24)20-7-8-23/h1-6,9,23H,7-8H2,(H,20,24)(H2,21,22,25,26). The number of benzene rings is 2. The molecule has 0 aliphatic heterocycles. The Labute approximate surface area is 165 Å². The first kappa shape index (κ1) is 20.1. The summed E-state index contributed by atoms with van der Waals surface area (Å²) in [7, 11) is 0. The maximum Gasteiger partial charge on any atom is 0.258 e. The van der Waals surface area contributed by atoms with E-state index in [0.717, 1.165) is 0 Å². The van der Waals surface area contributed by atoms with Crippen LogP contribution in [0.4, 0.5) is 5.69 Å². The van der Waals surface area contributed by atoms with Crippen molar-refractivity contribution in [1.82, 2.24) is 10.6 Å². The van der Waals surface area contributed by atoms with Gasteiger partial charge in [0.15, 0.2) is 5.11 Å². The number of rotatable bonds is 5. The first-order valence-electron chi connectivity index (χ1n) is 7.48. The van der Waals surface area contributed by atoms with Crippen molar-refractivity contribution >= 4 is 58.0 Å². The SMILES string of the molecule is O=C(NC(=S)Nc1ccccc1C(=O)NCCO)c1ccc(Cl)cc1Cl. The number of nitrogens with one attached hydrogen (secondary N) is 3. The van der Waals surface area contributed by atoms with Crippen molar-refractivity contribution in [3.05, 3.63) is 63.6 Å². The summed E-state index contributed by atoms with van der Waals surface area (Å²) in [6.07, 6.45) is 0. The van der Waals surface area contributed by atoms with Gasteiger partial charge in [0.2, 0.25) is 0 Å². The largest absolute Gasteiger partial charge is 0.395 e. The van der Waals surface area contributed by atoms with Crippen LogP contribution in [0.2, 0.25) is 10.0 Å². The highest BCUT2D eigenvalue weighted by Crippen LogP contribution is 2.21. The van der Waals surface area contributed by atoms with Gasteiger partial charge < -0.3 is 15.7 Å². The van der Waals surface area contributed by atoms with Crippen LogP contribution in [-0.4, -0.2) is 35.2 Å². The lowest BCUT2D eigenvalue weighted by molar-refractivity contribution is 0.0944. The summed E-state index contributed by atoms with van der Waals surface area (Å²) in [6, 6.07) is 11.1. The van der Waals surface area contributed by atoms with Gasteiger partial charge >= 0.3 is 0 Å². The smallest absolute Gasteiger partial charge is 0.258 e. The summed E-state index contributed by atoms with van der Waals surface area (Å²) < 4.78 is 0.